The second-order valence-electron chi connectivity index (χ2n) is 9.68. The summed E-state index contributed by atoms with van der Waals surface area (Å²) >= 11 is 0. The summed E-state index contributed by atoms with van der Waals surface area (Å²) in [6.07, 6.45) is -0.101. The number of amides is 1. The monoisotopic (exact) mass is 436 g/mol. The molecule has 1 aliphatic heterocycles. The number of nitrogens with zero attached hydrogens (tertiary/aromatic N) is 3. The molecular formula is C25H32N4O3. The van der Waals surface area contributed by atoms with Crippen molar-refractivity contribution in [3.8, 4) is 0 Å². The summed E-state index contributed by atoms with van der Waals surface area (Å²) in [5.41, 5.74) is 2.52. The number of rotatable bonds is 5. The van der Waals surface area contributed by atoms with E-state index < -0.39 is 12.2 Å². The number of piperidine rings is 1. The van der Waals surface area contributed by atoms with E-state index in [-0.39, 0.29) is 17.5 Å². The van der Waals surface area contributed by atoms with Crippen LogP contribution in [0.3, 0.4) is 0 Å². The van der Waals surface area contributed by atoms with Crippen molar-refractivity contribution in [3.63, 3.8) is 0 Å². The minimum atomic E-state index is -0.860. The third-order valence-electron chi connectivity index (χ3n) is 6.38. The van der Waals surface area contributed by atoms with Crippen molar-refractivity contribution in [3.05, 3.63) is 60.2 Å². The van der Waals surface area contributed by atoms with Crippen molar-refractivity contribution in [1.29, 1.82) is 0 Å². The van der Waals surface area contributed by atoms with E-state index in [1.807, 2.05) is 59.2 Å². The number of para-hydroxylation sites is 2. The number of aliphatic hydroxyl groups is 1. The number of likely N-dealkylation sites (tertiary alicyclic amines) is 1. The summed E-state index contributed by atoms with van der Waals surface area (Å²) in [5, 5.41) is 24.1. The number of aliphatic hydroxyl groups excluding tert-OH is 1. The van der Waals surface area contributed by atoms with E-state index in [1.165, 1.54) is 0 Å². The fourth-order valence-corrected chi connectivity index (χ4v) is 4.65. The molecule has 0 saturated carbocycles. The van der Waals surface area contributed by atoms with Gasteiger partial charge in [0.1, 0.15) is 0 Å². The number of aromatic nitrogens is 2. The Morgan fingerprint density at radius 3 is 2.53 bits per heavy atom. The predicted octanol–water partition coefficient (Wildman–Crippen LogP) is 4.74. The molecular weight excluding hydrogens is 404 g/mol. The Balaban J connectivity index is 1.60. The molecule has 170 valence electrons. The topological polar surface area (TPSA) is 90.6 Å². The molecule has 3 unspecified atom stereocenters. The quantitative estimate of drug-likeness (QED) is 0.537. The number of benzene rings is 2. The maximum Gasteiger partial charge on any atom is 0.407 e. The number of nitrogens with one attached hydrogen (secondary N) is 1. The van der Waals surface area contributed by atoms with Gasteiger partial charge in [0, 0.05) is 18.6 Å². The predicted molar refractivity (Wildman–Crippen MR) is 126 cm³/mol. The van der Waals surface area contributed by atoms with Crippen LogP contribution in [0.2, 0.25) is 0 Å². The number of hydrogen-bond donors (Lipinski definition) is 3. The van der Waals surface area contributed by atoms with Gasteiger partial charge < -0.3 is 25.0 Å². The summed E-state index contributed by atoms with van der Waals surface area (Å²) in [6, 6.07) is 17.5. The van der Waals surface area contributed by atoms with E-state index in [0.29, 0.717) is 31.9 Å². The molecule has 3 atom stereocenters. The number of hydrogen-bond acceptors (Lipinski definition) is 4. The van der Waals surface area contributed by atoms with Gasteiger partial charge in [0.15, 0.2) is 0 Å². The van der Waals surface area contributed by atoms with Crippen molar-refractivity contribution < 1.29 is 15.0 Å². The molecule has 2 heterocycles. The lowest BCUT2D eigenvalue weighted by atomic mass is 9.79. The lowest BCUT2D eigenvalue weighted by molar-refractivity contribution is 0.0556. The molecule has 2 aromatic carbocycles. The summed E-state index contributed by atoms with van der Waals surface area (Å²) in [5.74, 6) is 0.711. The number of carboxylic acid groups (broad SMARTS) is 1. The SMILES string of the molecule is CC(C)(C)C1CC(Nc2nc3ccccc3n2CC(O)c2ccccc2)CCN1C(=O)O. The third kappa shape index (κ3) is 4.58. The van der Waals surface area contributed by atoms with Crippen LogP contribution in [0.15, 0.2) is 54.6 Å². The van der Waals surface area contributed by atoms with E-state index in [4.69, 9.17) is 4.98 Å². The largest absolute Gasteiger partial charge is 0.465 e. The van der Waals surface area contributed by atoms with Crippen LogP contribution in [0.1, 0.15) is 45.3 Å². The van der Waals surface area contributed by atoms with Crippen LogP contribution in [0, 0.1) is 5.41 Å². The highest BCUT2D eigenvalue weighted by molar-refractivity contribution is 5.78. The maximum absolute atomic E-state index is 11.8. The number of imidazole rings is 1. The smallest absolute Gasteiger partial charge is 0.407 e. The van der Waals surface area contributed by atoms with Gasteiger partial charge in [-0.25, -0.2) is 9.78 Å². The Morgan fingerprint density at radius 2 is 1.84 bits per heavy atom. The molecule has 1 amide bonds. The summed E-state index contributed by atoms with van der Waals surface area (Å²) in [4.78, 5) is 18.1. The van der Waals surface area contributed by atoms with Gasteiger partial charge in [-0.15, -0.1) is 0 Å². The first kappa shape index (κ1) is 22.1. The van der Waals surface area contributed by atoms with Gasteiger partial charge in [0.2, 0.25) is 5.95 Å². The van der Waals surface area contributed by atoms with Crippen LogP contribution in [-0.4, -0.2) is 49.4 Å². The van der Waals surface area contributed by atoms with Crippen molar-refractivity contribution >= 4 is 23.1 Å². The van der Waals surface area contributed by atoms with Crippen LogP contribution < -0.4 is 5.32 Å². The van der Waals surface area contributed by atoms with Gasteiger partial charge in [-0.05, 0) is 36.0 Å². The first-order chi connectivity index (χ1) is 15.2. The van der Waals surface area contributed by atoms with Crippen molar-refractivity contribution in [2.24, 2.45) is 5.41 Å². The zero-order valence-electron chi connectivity index (χ0n) is 18.9. The number of anilines is 1. The van der Waals surface area contributed by atoms with Gasteiger partial charge in [0.25, 0.3) is 0 Å². The van der Waals surface area contributed by atoms with Crippen LogP contribution in [0.4, 0.5) is 10.7 Å². The molecule has 3 N–H and O–H groups in total. The van der Waals surface area contributed by atoms with Crippen LogP contribution in [0.25, 0.3) is 11.0 Å². The Hall–Kier alpha value is -3.06. The molecule has 7 nitrogen and oxygen atoms in total. The molecule has 0 radical (unpaired) electrons. The minimum absolute atomic E-state index is 0.0843. The molecule has 1 fully saturated rings. The Labute approximate surface area is 188 Å². The maximum atomic E-state index is 11.8. The van der Waals surface area contributed by atoms with E-state index in [2.05, 4.69) is 26.1 Å². The van der Waals surface area contributed by atoms with Crippen LogP contribution in [0.5, 0.6) is 0 Å². The molecule has 1 saturated heterocycles. The minimum Gasteiger partial charge on any atom is -0.465 e. The summed E-state index contributed by atoms with van der Waals surface area (Å²) in [6.45, 7) is 7.12. The molecule has 1 aliphatic rings. The van der Waals surface area contributed by atoms with Crippen molar-refractivity contribution in [2.75, 3.05) is 11.9 Å². The van der Waals surface area contributed by atoms with Crippen molar-refractivity contribution in [2.45, 2.75) is 58.3 Å². The van der Waals surface area contributed by atoms with Gasteiger partial charge in [-0.2, -0.15) is 0 Å². The summed E-state index contributed by atoms with van der Waals surface area (Å²) in [7, 11) is 0. The second kappa shape index (κ2) is 8.82. The number of fused-ring (bicyclic) bond motifs is 1. The van der Waals surface area contributed by atoms with Gasteiger partial charge in [-0.3, -0.25) is 0 Å². The third-order valence-corrected chi connectivity index (χ3v) is 6.38. The molecule has 3 aromatic rings. The van der Waals surface area contributed by atoms with Crippen molar-refractivity contribution in [1.82, 2.24) is 14.5 Å². The molecule has 0 spiro atoms. The lowest BCUT2D eigenvalue weighted by Crippen LogP contribution is -2.54. The average molecular weight is 437 g/mol. The van der Waals surface area contributed by atoms with E-state index >= 15 is 0 Å². The first-order valence-corrected chi connectivity index (χ1v) is 11.2. The normalized spacial score (nSPS) is 20.3. The van der Waals surface area contributed by atoms with E-state index in [0.717, 1.165) is 16.6 Å². The van der Waals surface area contributed by atoms with Gasteiger partial charge >= 0.3 is 6.09 Å². The number of carbonyl (C=O) groups is 1. The standard InChI is InChI=1S/C25H32N4O3/c1-25(2,3)22-15-18(13-14-28(22)24(31)32)26-23-27-19-11-7-8-12-20(19)29(23)16-21(30)17-9-5-4-6-10-17/h4-12,18,21-22,30H,13-16H2,1-3H3,(H,26,27)(H,31,32). The zero-order valence-corrected chi connectivity index (χ0v) is 18.9. The Bertz CT molecular complexity index is 1070. The fraction of sp³-hybridized carbons (Fsp3) is 0.440. The second-order valence-corrected chi connectivity index (χ2v) is 9.68. The van der Waals surface area contributed by atoms with Crippen LogP contribution >= 0.6 is 0 Å². The van der Waals surface area contributed by atoms with Gasteiger partial charge in [-0.1, -0.05) is 63.2 Å². The Kier molecular flexibility index (Phi) is 6.11. The highest BCUT2D eigenvalue weighted by Gasteiger charge is 2.39. The molecule has 1 aromatic heterocycles. The highest BCUT2D eigenvalue weighted by atomic mass is 16.4. The zero-order chi connectivity index (χ0) is 22.9. The highest BCUT2D eigenvalue weighted by Crippen LogP contribution is 2.34. The molecule has 7 heteroatoms. The van der Waals surface area contributed by atoms with Gasteiger partial charge in [0.05, 0.1) is 23.7 Å². The first-order valence-electron chi connectivity index (χ1n) is 11.2. The average Bonchev–Trinajstić information content (AvgIpc) is 3.10. The fourth-order valence-electron chi connectivity index (χ4n) is 4.65. The van der Waals surface area contributed by atoms with Crippen LogP contribution in [-0.2, 0) is 6.54 Å². The molecule has 0 aliphatic carbocycles. The molecule has 32 heavy (non-hydrogen) atoms. The molecule has 4 rings (SSSR count). The lowest BCUT2D eigenvalue weighted by Gasteiger charge is -2.44. The van der Waals surface area contributed by atoms with E-state index in [9.17, 15) is 15.0 Å². The Morgan fingerprint density at radius 1 is 1.16 bits per heavy atom. The summed E-state index contributed by atoms with van der Waals surface area (Å²) < 4.78 is 2.03. The van der Waals surface area contributed by atoms with E-state index in [1.54, 1.807) is 4.90 Å². The molecule has 0 bridgehead atoms.